The van der Waals surface area contributed by atoms with Crippen molar-refractivity contribution in [2.45, 2.75) is 38.0 Å². The lowest BCUT2D eigenvalue weighted by molar-refractivity contribution is 0.169. The highest BCUT2D eigenvalue weighted by molar-refractivity contribution is 7.89. The number of hydrogen-bond acceptors (Lipinski definition) is 5. The molecule has 0 aromatic carbocycles. The number of aromatic nitrogens is 1. The first-order valence-electron chi connectivity index (χ1n) is 6.84. The van der Waals surface area contributed by atoms with E-state index >= 15 is 0 Å². The summed E-state index contributed by atoms with van der Waals surface area (Å²) in [6.07, 6.45) is 4.23. The lowest BCUT2D eigenvalue weighted by Gasteiger charge is -2.38. The summed E-state index contributed by atoms with van der Waals surface area (Å²) in [5.41, 5.74) is 2.65. The predicted molar refractivity (Wildman–Crippen MR) is 78.4 cm³/mol. The van der Waals surface area contributed by atoms with E-state index in [0.717, 1.165) is 19.3 Å². The van der Waals surface area contributed by atoms with Crippen LogP contribution in [0.15, 0.2) is 23.2 Å². The Kier molecular flexibility index (Phi) is 4.31. The Morgan fingerprint density at radius 1 is 1.40 bits per heavy atom. The van der Waals surface area contributed by atoms with E-state index in [0.29, 0.717) is 18.9 Å². The molecule has 0 radical (unpaired) electrons. The maximum Gasteiger partial charge on any atom is 0.244 e. The van der Waals surface area contributed by atoms with Crippen LogP contribution in [0.3, 0.4) is 0 Å². The number of anilines is 1. The Morgan fingerprint density at radius 2 is 2.05 bits per heavy atom. The van der Waals surface area contributed by atoms with Crippen LogP contribution in [0.25, 0.3) is 0 Å². The summed E-state index contributed by atoms with van der Waals surface area (Å²) < 4.78 is 26.6. The number of pyridine rings is 1. The number of nitrogens with zero attached hydrogens (tertiary/aromatic N) is 2. The molecule has 0 bridgehead atoms. The van der Waals surface area contributed by atoms with Gasteiger partial charge in [-0.3, -0.25) is 0 Å². The van der Waals surface area contributed by atoms with Gasteiger partial charge in [0, 0.05) is 19.3 Å². The summed E-state index contributed by atoms with van der Waals surface area (Å²) in [7, 11) is -3.44. The second-order valence-corrected chi connectivity index (χ2v) is 7.53. The molecule has 2 heterocycles. The Bertz CT molecular complexity index is 548. The molecule has 3 N–H and O–H groups in total. The highest BCUT2D eigenvalue weighted by atomic mass is 32.2. The monoisotopic (exact) mass is 298 g/mol. The van der Waals surface area contributed by atoms with E-state index in [9.17, 15) is 8.42 Å². The number of nitrogen functional groups attached to an aromatic ring is 1. The Labute approximate surface area is 120 Å². The van der Waals surface area contributed by atoms with Crippen molar-refractivity contribution in [1.29, 1.82) is 0 Å². The van der Waals surface area contributed by atoms with Gasteiger partial charge in [0.25, 0.3) is 0 Å². The standard InChI is InChI=1S/C13H22N4O2S/c1-3-13(2)6-8-17(9-7-13)20(18,19)11-4-5-12(16-14)15-10-11/h4-5,10H,3,6-9,14H2,1-2H3,(H,15,16). The molecule has 0 saturated carbocycles. The molecule has 1 aromatic rings. The first-order chi connectivity index (χ1) is 9.41. The highest BCUT2D eigenvalue weighted by Gasteiger charge is 2.34. The summed E-state index contributed by atoms with van der Waals surface area (Å²) >= 11 is 0. The lowest BCUT2D eigenvalue weighted by Crippen LogP contribution is -2.41. The number of nitrogens with one attached hydrogen (secondary N) is 1. The average Bonchev–Trinajstić information content (AvgIpc) is 2.48. The van der Waals surface area contributed by atoms with E-state index in [-0.39, 0.29) is 10.3 Å². The van der Waals surface area contributed by atoms with Crippen LogP contribution in [0.1, 0.15) is 33.1 Å². The molecule has 0 unspecified atom stereocenters. The van der Waals surface area contributed by atoms with Gasteiger partial charge in [-0.15, -0.1) is 0 Å². The molecule has 7 heteroatoms. The third-order valence-corrected chi connectivity index (χ3v) is 6.19. The van der Waals surface area contributed by atoms with Gasteiger partial charge in [0.15, 0.2) is 0 Å². The van der Waals surface area contributed by atoms with Crippen LogP contribution < -0.4 is 11.3 Å². The van der Waals surface area contributed by atoms with Gasteiger partial charge < -0.3 is 5.43 Å². The topological polar surface area (TPSA) is 88.3 Å². The molecule has 6 nitrogen and oxygen atoms in total. The SMILES string of the molecule is CCC1(C)CCN(S(=O)(=O)c2ccc(NN)nc2)CC1. The van der Waals surface area contributed by atoms with Gasteiger partial charge >= 0.3 is 0 Å². The van der Waals surface area contributed by atoms with E-state index in [4.69, 9.17) is 5.84 Å². The molecule has 1 saturated heterocycles. The van der Waals surface area contributed by atoms with Crippen LogP contribution in [-0.4, -0.2) is 30.8 Å². The molecular weight excluding hydrogens is 276 g/mol. The fourth-order valence-electron chi connectivity index (χ4n) is 2.39. The molecule has 1 aliphatic rings. The minimum absolute atomic E-state index is 0.219. The molecule has 2 rings (SSSR count). The number of piperidine rings is 1. The van der Waals surface area contributed by atoms with E-state index in [1.807, 2.05) is 0 Å². The van der Waals surface area contributed by atoms with Crippen molar-refractivity contribution in [2.75, 3.05) is 18.5 Å². The van der Waals surface area contributed by atoms with Crippen LogP contribution in [0, 0.1) is 5.41 Å². The minimum atomic E-state index is -3.44. The van der Waals surface area contributed by atoms with Gasteiger partial charge in [-0.25, -0.2) is 19.2 Å². The number of hydrazine groups is 1. The number of sulfonamides is 1. The fourth-order valence-corrected chi connectivity index (χ4v) is 3.77. The van der Waals surface area contributed by atoms with Gasteiger partial charge in [-0.05, 0) is 30.4 Å². The number of hydrogen-bond donors (Lipinski definition) is 2. The first kappa shape index (κ1) is 15.2. The van der Waals surface area contributed by atoms with Crippen LogP contribution in [0.4, 0.5) is 5.82 Å². The smallest absolute Gasteiger partial charge is 0.244 e. The number of nitrogens with two attached hydrogens (primary N) is 1. The average molecular weight is 298 g/mol. The number of rotatable bonds is 4. The zero-order valence-corrected chi connectivity index (χ0v) is 12.8. The molecule has 1 fully saturated rings. The minimum Gasteiger partial charge on any atom is -0.308 e. The maximum atomic E-state index is 12.5. The van der Waals surface area contributed by atoms with Gasteiger partial charge in [0.05, 0.1) is 0 Å². The molecule has 1 aromatic heterocycles. The second-order valence-electron chi connectivity index (χ2n) is 5.59. The Balaban J connectivity index is 2.15. The summed E-state index contributed by atoms with van der Waals surface area (Å²) in [5, 5.41) is 0. The summed E-state index contributed by atoms with van der Waals surface area (Å²) in [6.45, 7) is 5.53. The molecule has 0 atom stereocenters. The largest absolute Gasteiger partial charge is 0.308 e. The van der Waals surface area contributed by atoms with Crippen molar-refractivity contribution >= 4 is 15.8 Å². The third kappa shape index (κ3) is 2.94. The molecular formula is C13H22N4O2S. The van der Waals surface area contributed by atoms with Gasteiger partial charge in [0.1, 0.15) is 10.7 Å². The van der Waals surface area contributed by atoms with Crippen molar-refractivity contribution in [3.05, 3.63) is 18.3 Å². The molecule has 0 spiro atoms. The quantitative estimate of drug-likeness (QED) is 0.650. The van der Waals surface area contributed by atoms with E-state index < -0.39 is 10.0 Å². The van der Waals surface area contributed by atoms with Crippen molar-refractivity contribution in [3.8, 4) is 0 Å². The summed E-state index contributed by atoms with van der Waals surface area (Å²) in [4.78, 5) is 4.18. The van der Waals surface area contributed by atoms with Crippen molar-refractivity contribution in [1.82, 2.24) is 9.29 Å². The van der Waals surface area contributed by atoms with Gasteiger partial charge in [-0.1, -0.05) is 20.3 Å². The summed E-state index contributed by atoms with van der Waals surface area (Å²) in [6, 6.07) is 3.10. The van der Waals surface area contributed by atoms with Crippen LogP contribution >= 0.6 is 0 Å². The van der Waals surface area contributed by atoms with E-state index in [2.05, 4.69) is 24.3 Å². The highest BCUT2D eigenvalue weighted by Crippen LogP contribution is 2.35. The molecule has 0 aliphatic carbocycles. The molecule has 20 heavy (non-hydrogen) atoms. The first-order valence-corrected chi connectivity index (χ1v) is 8.28. The van der Waals surface area contributed by atoms with Crippen molar-refractivity contribution in [3.63, 3.8) is 0 Å². The second kappa shape index (κ2) is 5.67. The fraction of sp³-hybridized carbons (Fsp3) is 0.615. The zero-order chi connectivity index (χ0) is 14.8. The maximum absolute atomic E-state index is 12.5. The molecule has 112 valence electrons. The van der Waals surface area contributed by atoms with Crippen LogP contribution in [0.5, 0.6) is 0 Å². The van der Waals surface area contributed by atoms with Gasteiger partial charge in [0.2, 0.25) is 10.0 Å². The molecule has 0 amide bonds. The normalized spacial score (nSPS) is 19.8. The van der Waals surface area contributed by atoms with Crippen LogP contribution in [0.2, 0.25) is 0 Å². The van der Waals surface area contributed by atoms with Crippen molar-refractivity contribution in [2.24, 2.45) is 11.3 Å². The Hall–Kier alpha value is -1.18. The van der Waals surface area contributed by atoms with Gasteiger partial charge in [-0.2, -0.15) is 4.31 Å². The van der Waals surface area contributed by atoms with Crippen LogP contribution in [-0.2, 0) is 10.0 Å². The predicted octanol–water partition coefficient (Wildman–Crippen LogP) is 1.57. The summed E-state index contributed by atoms with van der Waals surface area (Å²) in [5.74, 6) is 5.67. The molecule has 1 aliphatic heterocycles. The van der Waals surface area contributed by atoms with Crippen molar-refractivity contribution < 1.29 is 8.42 Å². The van der Waals surface area contributed by atoms with E-state index in [1.54, 1.807) is 10.4 Å². The Morgan fingerprint density at radius 3 is 2.50 bits per heavy atom. The third-order valence-electron chi connectivity index (χ3n) is 4.31. The van der Waals surface area contributed by atoms with E-state index in [1.165, 1.54) is 12.3 Å². The zero-order valence-electron chi connectivity index (χ0n) is 12.0. The lowest BCUT2D eigenvalue weighted by atomic mass is 9.79.